The number of hydrogen-bond donors (Lipinski definition) is 1. The molecule has 1 rings (SSSR count). The fourth-order valence-corrected chi connectivity index (χ4v) is 1.38. The van der Waals surface area contributed by atoms with Gasteiger partial charge in [-0.05, 0) is 24.6 Å². The number of carbonyl (C=O) groups is 1. The smallest absolute Gasteiger partial charge is 0.257 e. The Bertz CT molecular complexity index is 371. The maximum Gasteiger partial charge on any atom is 0.257 e. The van der Waals surface area contributed by atoms with Gasteiger partial charge in [-0.3, -0.25) is 4.79 Å². The molecule has 0 aliphatic heterocycles. The highest BCUT2D eigenvalue weighted by Gasteiger charge is 2.06. The predicted octanol–water partition coefficient (Wildman–Crippen LogP) is 2.49. The third kappa shape index (κ3) is 4.18. The molecule has 1 amide bonds. The lowest BCUT2D eigenvalue weighted by molar-refractivity contribution is -0.123. The molecule has 0 fully saturated rings. The van der Waals surface area contributed by atoms with Crippen LogP contribution in [-0.2, 0) is 4.79 Å². The molecule has 16 heavy (non-hydrogen) atoms. The number of ether oxygens (including phenoxy) is 1. The van der Waals surface area contributed by atoms with Crippen LogP contribution in [0.3, 0.4) is 0 Å². The Kier molecular flexibility index (Phi) is 5.25. The first kappa shape index (κ1) is 13.0. The fourth-order valence-electron chi connectivity index (χ4n) is 1.05. The van der Waals surface area contributed by atoms with Crippen molar-refractivity contribution in [3.63, 3.8) is 0 Å². The van der Waals surface area contributed by atoms with Crippen LogP contribution in [0, 0.1) is 5.82 Å². The van der Waals surface area contributed by atoms with Crippen molar-refractivity contribution in [3.05, 3.63) is 28.5 Å². The molecule has 0 aliphatic rings. The quantitative estimate of drug-likeness (QED) is 0.904. The minimum Gasteiger partial charge on any atom is -0.481 e. The van der Waals surface area contributed by atoms with Gasteiger partial charge >= 0.3 is 0 Å². The maximum absolute atomic E-state index is 13.3. The molecular formula is C11H13BrFNO2. The topological polar surface area (TPSA) is 38.3 Å². The second-order valence-corrected chi connectivity index (χ2v) is 4.13. The van der Waals surface area contributed by atoms with E-state index in [1.807, 2.05) is 6.92 Å². The van der Waals surface area contributed by atoms with E-state index in [-0.39, 0.29) is 18.3 Å². The van der Waals surface area contributed by atoms with E-state index in [9.17, 15) is 9.18 Å². The van der Waals surface area contributed by atoms with E-state index < -0.39 is 5.82 Å². The zero-order chi connectivity index (χ0) is 12.0. The number of carbonyl (C=O) groups excluding carboxylic acids is 1. The summed E-state index contributed by atoms with van der Waals surface area (Å²) in [7, 11) is 0. The Morgan fingerprint density at radius 1 is 1.56 bits per heavy atom. The first-order chi connectivity index (χ1) is 7.63. The normalized spacial score (nSPS) is 9.94. The summed E-state index contributed by atoms with van der Waals surface area (Å²) in [4.78, 5) is 11.2. The summed E-state index contributed by atoms with van der Waals surface area (Å²) in [6, 6.07) is 4.42. The predicted molar refractivity (Wildman–Crippen MR) is 62.9 cm³/mol. The molecule has 0 atom stereocenters. The summed E-state index contributed by atoms with van der Waals surface area (Å²) in [6.45, 7) is 2.39. The first-order valence-electron chi connectivity index (χ1n) is 4.98. The molecule has 0 unspecified atom stereocenters. The van der Waals surface area contributed by atoms with Crippen LogP contribution in [0.1, 0.15) is 13.3 Å². The Hall–Kier alpha value is -1.10. The van der Waals surface area contributed by atoms with Gasteiger partial charge in [-0.25, -0.2) is 4.39 Å². The largest absolute Gasteiger partial charge is 0.481 e. The highest BCUT2D eigenvalue weighted by molar-refractivity contribution is 9.10. The van der Waals surface area contributed by atoms with Gasteiger partial charge in [-0.2, -0.15) is 0 Å². The standard InChI is InChI=1S/C11H13BrFNO2/c1-2-5-14-11(15)7-16-10-4-3-8(12)6-9(10)13/h3-4,6H,2,5,7H2,1H3,(H,14,15). The van der Waals surface area contributed by atoms with Crippen molar-refractivity contribution in [3.8, 4) is 5.75 Å². The van der Waals surface area contributed by atoms with Gasteiger partial charge in [0, 0.05) is 11.0 Å². The van der Waals surface area contributed by atoms with Crippen molar-refractivity contribution < 1.29 is 13.9 Å². The van der Waals surface area contributed by atoms with Crippen molar-refractivity contribution >= 4 is 21.8 Å². The van der Waals surface area contributed by atoms with Crippen LogP contribution in [-0.4, -0.2) is 19.1 Å². The second kappa shape index (κ2) is 6.48. The molecule has 0 saturated heterocycles. The molecule has 0 aromatic heterocycles. The molecule has 0 bridgehead atoms. The van der Waals surface area contributed by atoms with Gasteiger partial charge < -0.3 is 10.1 Å². The molecule has 88 valence electrons. The third-order valence-corrected chi connectivity index (χ3v) is 2.32. The highest BCUT2D eigenvalue weighted by atomic mass is 79.9. The van der Waals surface area contributed by atoms with E-state index in [4.69, 9.17) is 4.74 Å². The molecule has 0 spiro atoms. The van der Waals surface area contributed by atoms with Crippen molar-refractivity contribution in [2.45, 2.75) is 13.3 Å². The van der Waals surface area contributed by atoms with E-state index in [0.29, 0.717) is 11.0 Å². The Balaban J connectivity index is 2.45. The van der Waals surface area contributed by atoms with Gasteiger partial charge in [0.1, 0.15) is 0 Å². The molecule has 0 heterocycles. The number of amides is 1. The third-order valence-electron chi connectivity index (χ3n) is 1.82. The molecular weight excluding hydrogens is 277 g/mol. The van der Waals surface area contributed by atoms with Crippen LogP contribution in [0.4, 0.5) is 4.39 Å². The minimum atomic E-state index is -0.488. The minimum absolute atomic E-state index is 0.0786. The summed E-state index contributed by atoms with van der Waals surface area (Å²) < 4.78 is 18.9. The van der Waals surface area contributed by atoms with Gasteiger partial charge in [0.25, 0.3) is 5.91 Å². The fraction of sp³-hybridized carbons (Fsp3) is 0.364. The van der Waals surface area contributed by atoms with Crippen molar-refractivity contribution in [1.29, 1.82) is 0 Å². The number of hydrogen-bond acceptors (Lipinski definition) is 2. The zero-order valence-electron chi connectivity index (χ0n) is 8.93. The Morgan fingerprint density at radius 2 is 2.31 bits per heavy atom. The monoisotopic (exact) mass is 289 g/mol. The van der Waals surface area contributed by atoms with E-state index in [1.54, 1.807) is 6.07 Å². The molecule has 1 N–H and O–H groups in total. The maximum atomic E-state index is 13.3. The molecule has 0 saturated carbocycles. The lowest BCUT2D eigenvalue weighted by atomic mass is 10.3. The van der Waals surface area contributed by atoms with Crippen molar-refractivity contribution in [2.24, 2.45) is 0 Å². The van der Waals surface area contributed by atoms with Crippen LogP contribution in [0.25, 0.3) is 0 Å². The Morgan fingerprint density at radius 3 is 2.94 bits per heavy atom. The van der Waals surface area contributed by atoms with Crippen LogP contribution in [0.5, 0.6) is 5.75 Å². The number of rotatable bonds is 5. The lowest BCUT2D eigenvalue weighted by Gasteiger charge is -2.07. The average molecular weight is 290 g/mol. The van der Waals surface area contributed by atoms with Crippen molar-refractivity contribution in [2.75, 3.05) is 13.2 Å². The SMILES string of the molecule is CCCNC(=O)COc1ccc(Br)cc1F. The van der Waals surface area contributed by atoms with E-state index in [2.05, 4.69) is 21.2 Å². The van der Waals surface area contributed by atoms with Gasteiger partial charge in [-0.15, -0.1) is 0 Å². The molecule has 1 aromatic rings. The Labute approximate surface area is 102 Å². The van der Waals surface area contributed by atoms with Gasteiger partial charge in [0.05, 0.1) is 0 Å². The summed E-state index contributed by atoms with van der Waals surface area (Å²) in [5.74, 6) is -0.656. The summed E-state index contributed by atoms with van der Waals surface area (Å²) >= 11 is 3.14. The summed E-state index contributed by atoms with van der Waals surface area (Å²) in [5, 5.41) is 2.64. The van der Waals surface area contributed by atoms with E-state index in [1.165, 1.54) is 12.1 Å². The van der Waals surface area contributed by atoms with Crippen molar-refractivity contribution in [1.82, 2.24) is 5.32 Å². The molecule has 5 heteroatoms. The molecule has 1 aromatic carbocycles. The van der Waals surface area contributed by atoms with Crippen LogP contribution in [0.2, 0.25) is 0 Å². The van der Waals surface area contributed by atoms with Gasteiger partial charge in [0.15, 0.2) is 18.2 Å². The number of nitrogens with one attached hydrogen (secondary N) is 1. The van der Waals surface area contributed by atoms with Crippen LogP contribution >= 0.6 is 15.9 Å². The zero-order valence-corrected chi connectivity index (χ0v) is 10.5. The highest BCUT2D eigenvalue weighted by Crippen LogP contribution is 2.21. The average Bonchev–Trinajstić information content (AvgIpc) is 2.25. The molecule has 0 radical (unpaired) electrons. The van der Waals surface area contributed by atoms with Crippen LogP contribution < -0.4 is 10.1 Å². The number of halogens is 2. The van der Waals surface area contributed by atoms with E-state index in [0.717, 1.165) is 6.42 Å². The second-order valence-electron chi connectivity index (χ2n) is 3.21. The lowest BCUT2D eigenvalue weighted by Crippen LogP contribution is -2.29. The molecule has 0 aliphatic carbocycles. The first-order valence-corrected chi connectivity index (χ1v) is 5.77. The summed E-state index contributed by atoms with van der Waals surface area (Å²) in [6.07, 6.45) is 0.860. The van der Waals surface area contributed by atoms with Crippen LogP contribution in [0.15, 0.2) is 22.7 Å². The van der Waals surface area contributed by atoms with Gasteiger partial charge in [0.2, 0.25) is 0 Å². The van der Waals surface area contributed by atoms with E-state index >= 15 is 0 Å². The molecule has 3 nitrogen and oxygen atoms in total. The number of benzene rings is 1. The summed E-state index contributed by atoms with van der Waals surface area (Å²) in [5.41, 5.74) is 0. The van der Waals surface area contributed by atoms with Gasteiger partial charge in [-0.1, -0.05) is 22.9 Å².